The van der Waals surface area contributed by atoms with Gasteiger partial charge in [-0.1, -0.05) is 13.0 Å². The molecular weight excluding hydrogens is 247 g/mol. The second-order valence-corrected chi connectivity index (χ2v) is 4.98. The van der Waals surface area contributed by atoms with Crippen LogP contribution < -0.4 is 10.6 Å². The van der Waals surface area contributed by atoms with Crippen molar-refractivity contribution in [1.29, 1.82) is 0 Å². The highest BCUT2D eigenvalue weighted by Gasteiger charge is 2.09. The monoisotopic (exact) mass is 268 g/mol. The van der Waals surface area contributed by atoms with Crippen LogP contribution in [-0.4, -0.2) is 23.8 Å². The Kier molecular flexibility index (Phi) is 5.76. The maximum absolute atomic E-state index is 13.1. The number of amides is 2. The molecule has 2 unspecified atom stereocenters. The van der Waals surface area contributed by atoms with Crippen LogP contribution in [0.1, 0.15) is 25.8 Å². The zero-order valence-corrected chi connectivity index (χ0v) is 11.5. The van der Waals surface area contributed by atoms with Crippen molar-refractivity contribution in [2.45, 2.75) is 33.3 Å². The third-order valence-corrected chi connectivity index (χ3v) is 2.80. The standard InChI is InChI=1S/C14H21FN2O2/c1-9(6-11(3)18)8-16-14(19)17-13-7-12(15)5-4-10(13)2/h4-5,7,9,11,18H,6,8H2,1-3H3,(H2,16,17,19). The van der Waals surface area contributed by atoms with E-state index in [1.54, 1.807) is 19.9 Å². The number of halogens is 1. The number of anilines is 1. The highest BCUT2D eigenvalue weighted by molar-refractivity contribution is 5.90. The second-order valence-electron chi connectivity index (χ2n) is 4.98. The minimum absolute atomic E-state index is 0.180. The second kappa shape index (κ2) is 7.09. The summed E-state index contributed by atoms with van der Waals surface area (Å²) < 4.78 is 13.1. The number of urea groups is 1. The third kappa shape index (κ3) is 5.70. The van der Waals surface area contributed by atoms with Crippen LogP contribution >= 0.6 is 0 Å². The largest absolute Gasteiger partial charge is 0.393 e. The molecule has 0 aliphatic heterocycles. The molecule has 19 heavy (non-hydrogen) atoms. The number of hydrogen-bond acceptors (Lipinski definition) is 2. The van der Waals surface area contributed by atoms with Crippen molar-refractivity contribution in [3.8, 4) is 0 Å². The first-order valence-corrected chi connectivity index (χ1v) is 6.37. The number of benzene rings is 1. The van der Waals surface area contributed by atoms with Gasteiger partial charge in [0.25, 0.3) is 0 Å². The first-order valence-electron chi connectivity index (χ1n) is 6.37. The summed E-state index contributed by atoms with van der Waals surface area (Å²) in [6.45, 7) is 5.92. The van der Waals surface area contributed by atoms with Crippen molar-refractivity contribution >= 4 is 11.7 Å². The Labute approximate surface area is 113 Å². The molecule has 1 rings (SSSR count). The van der Waals surface area contributed by atoms with E-state index >= 15 is 0 Å². The molecule has 0 bridgehead atoms. The highest BCUT2D eigenvalue weighted by atomic mass is 19.1. The van der Waals surface area contributed by atoms with Gasteiger partial charge in [0.2, 0.25) is 0 Å². The molecule has 0 aliphatic rings. The fourth-order valence-electron chi connectivity index (χ4n) is 1.83. The maximum Gasteiger partial charge on any atom is 0.319 e. The number of aliphatic hydroxyl groups excluding tert-OH is 1. The third-order valence-electron chi connectivity index (χ3n) is 2.80. The van der Waals surface area contributed by atoms with Crippen LogP contribution in [0.2, 0.25) is 0 Å². The van der Waals surface area contributed by atoms with Gasteiger partial charge in [-0.25, -0.2) is 9.18 Å². The van der Waals surface area contributed by atoms with Gasteiger partial charge in [0, 0.05) is 12.2 Å². The van der Waals surface area contributed by atoms with Crippen LogP contribution in [0.15, 0.2) is 18.2 Å². The number of hydrogen-bond donors (Lipinski definition) is 3. The van der Waals surface area contributed by atoms with Gasteiger partial charge in [-0.15, -0.1) is 0 Å². The predicted octanol–water partition coefficient (Wildman–Crippen LogP) is 2.66. The minimum atomic E-state index is -0.386. The lowest BCUT2D eigenvalue weighted by Crippen LogP contribution is -2.33. The van der Waals surface area contributed by atoms with Gasteiger partial charge in [-0.3, -0.25) is 0 Å². The van der Waals surface area contributed by atoms with E-state index in [1.807, 2.05) is 6.92 Å². The van der Waals surface area contributed by atoms with Crippen molar-refractivity contribution in [3.63, 3.8) is 0 Å². The molecule has 5 heteroatoms. The van der Waals surface area contributed by atoms with Crippen molar-refractivity contribution < 1.29 is 14.3 Å². The Balaban J connectivity index is 2.45. The van der Waals surface area contributed by atoms with Gasteiger partial charge in [0.05, 0.1) is 6.10 Å². The van der Waals surface area contributed by atoms with Gasteiger partial charge in [0.15, 0.2) is 0 Å². The molecule has 0 heterocycles. The van der Waals surface area contributed by atoms with Crippen LogP contribution in [0.3, 0.4) is 0 Å². The molecule has 2 amide bonds. The molecule has 2 atom stereocenters. The number of rotatable bonds is 5. The number of nitrogens with one attached hydrogen (secondary N) is 2. The molecule has 4 nitrogen and oxygen atoms in total. The molecular formula is C14H21FN2O2. The van der Waals surface area contributed by atoms with Crippen molar-refractivity contribution in [2.75, 3.05) is 11.9 Å². The Hall–Kier alpha value is -1.62. The van der Waals surface area contributed by atoms with Crippen LogP contribution in [0.5, 0.6) is 0 Å². The van der Waals surface area contributed by atoms with Crippen molar-refractivity contribution in [3.05, 3.63) is 29.6 Å². The molecule has 1 aromatic carbocycles. The first-order chi connectivity index (χ1) is 8.88. The molecule has 3 N–H and O–H groups in total. The number of aryl methyl sites for hydroxylation is 1. The SMILES string of the molecule is Cc1ccc(F)cc1NC(=O)NCC(C)CC(C)O. The van der Waals surface area contributed by atoms with E-state index in [0.717, 1.165) is 5.56 Å². The number of aliphatic hydroxyl groups is 1. The van der Waals surface area contributed by atoms with E-state index in [0.29, 0.717) is 18.7 Å². The van der Waals surface area contributed by atoms with Gasteiger partial charge in [-0.05, 0) is 43.9 Å². The van der Waals surface area contributed by atoms with Gasteiger partial charge in [0.1, 0.15) is 5.82 Å². The molecule has 0 spiro atoms. The summed E-state index contributed by atoms with van der Waals surface area (Å²) in [6, 6.07) is 3.88. The lowest BCUT2D eigenvalue weighted by Gasteiger charge is -2.15. The van der Waals surface area contributed by atoms with Crippen LogP contribution in [0.4, 0.5) is 14.9 Å². The summed E-state index contributed by atoms with van der Waals surface area (Å²) in [7, 11) is 0. The van der Waals surface area contributed by atoms with E-state index in [-0.39, 0.29) is 23.9 Å². The summed E-state index contributed by atoms with van der Waals surface area (Å²) in [5, 5.41) is 14.5. The number of carbonyl (C=O) groups excluding carboxylic acids is 1. The first kappa shape index (κ1) is 15.4. The zero-order valence-electron chi connectivity index (χ0n) is 11.5. The Morgan fingerprint density at radius 2 is 2.11 bits per heavy atom. The van der Waals surface area contributed by atoms with E-state index in [1.165, 1.54) is 12.1 Å². The molecule has 0 fully saturated rings. The molecule has 0 aromatic heterocycles. The van der Waals surface area contributed by atoms with Crippen LogP contribution in [0.25, 0.3) is 0 Å². The average Bonchev–Trinajstić information content (AvgIpc) is 2.30. The van der Waals surface area contributed by atoms with Crippen LogP contribution in [0, 0.1) is 18.7 Å². The summed E-state index contributed by atoms with van der Waals surface area (Å²) in [5.74, 6) is -0.206. The topological polar surface area (TPSA) is 61.4 Å². The van der Waals surface area contributed by atoms with Crippen LogP contribution in [-0.2, 0) is 0 Å². The molecule has 106 valence electrons. The molecule has 0 saturated heterocycles. The predicted molar refractivity (Wildman–Crippen MR) is 73.6 cm³/mol. The molecule has 1 aromatic rings. The fourth-order valence-corrected chi connectivity index (χ4v) is 1.83. The van der Waals surface area contributed by atoms with Crippen molar-refractivity contribution in [1.82, 2.24) is 5.32 Å². The lowest BCUT2D eigenvalue weighted by molar-refractivity contribution is 0.163. The Morgan fingerprint density at radius 1 is 1.42 bits per heavy atom. The smallest absolute Gasteiger partial charge is 0.319 e. The summed E-state index contributed by atoms with van der Waals surface area (Å²) in [4.78, 5) is 11.7. The normalized spacial score (nSPS) is 13.7. The van der Waals surface area contributed by atoms with Gasteiger partial charge < -0.3 is 15.7 Å². The van der Waals surface area contributed by atoms with Crippen molar-refractivity contribution in [2.24, 2.45) is 5.92 Å². The van der Waals surface area contributed by atoms with E-state index in [9.17, 15) is 14.3 Å². The molecule has 0 aliphatic carbocycles. The summed E-state index contributed by atoms with van der Waals surface area (Å²) in [5.41, 5.74) is 1.26. The van der Waals surface area contributed by atoms with E-state index in [4.69, 9.17) is 0 Å². The number of carbonyl (C=O) groups is 1. The summed E-state index contributed by atoms with van der Waals surface area (Å²) in [6.07, 6.45) is 0.240. The Bertz CT molecular complexity index is 435. The summed E-state index contributed by atoms with van der Waals surface area (Å²) >= 11 is 0. The maximum atomic E-state index is 13.1. The zero-order chi connectivity index (χ0) is 14.4. The quantitative estimate of drug-likeness (QED) is 0.769. The van der Waals surface area contributed by atoms with E-state index < -0.39 is 0 Å². The Morgan fingerprint density at radius 3 is 2.74 bits per heavy atom. The van der Waals surface area contributed by atoms with Gasteiger partial charge in [-0.2, -0.15) is 0 Å². The molecule has 0 radical (unpaired) electrons. The van der Waals surface area contributed by atoms with E-state index in [2.05, 4.69) is 10.6 Å². The average molecular weight is 268 g/mol. The minimum Gasteiger partial charge on any atom is -0.393 e. The highest BCUT2D eigenvalue weighted by Crippen LogP contribution is 2.15. The molecule has 0 saturated carbocycles. The van der Waals surface area contributed by atoms with Gasteiger partial charge >= 0.3 is 6.03 Å². The lowest BCUT2D eigenvalue weighted by atomic mass is 10.1. The fraction of sp³-hybridized carbons (Fsp3) is 0.500.